The Bertz CT molecular complexity index is 1210. The van der Waals surface area contributed by atoms with Gasteiger partial charge in [-0.15, -0.1) is 41.5 Å². The average Bonchev–Trinajstić information content (AvgIpc) is 3.46. The average molecular weight is 612 g/mol. The Labute approximate surface area is 209 Å². The number of hydrogen-bond donors (Lipinski definition) is 0. The van der Waals surface area contributed by atoms with E-state index in [1.54, 1.807) is 0 Å². The molecule has 0 amide bonds. The van der Waals surface area contributed by atoms with Gasteiger partial charge in [0.05, 0.1) is 0 Å². The molecule has 6 rings (SSSR count). The second kappa shape index (κ2) is 11.2. The van der Waals surface area contributed by atoms with Crippen LogP contribution in [0.3, 0.4) is 0 Å². The van der Waals surface area contributed by atoms with Crippen molar-refractivity contribution in [2.75, 3.05) is 0 Å². The van der Waals surface area contributed by atoms with Crippen LogP contribution in [0.5, 0.6) is 0 Å². The van der Waals surface area contributed by atoms with Crippen molar-refractivity contribution in [2.45, 2.75) is 6.42 Å². The summed E-state index contributed by atoms with van der Waals surface area (Å²) >= 11 is 0. The summed E-state index contributed by atoms with van der Waals surface area (Å²) in [6, 6.07) is 31.2. The molecule has 1 aromatic heterocycles. The molecule has 0 bridgehead atoms. The predicted octanol–water partition coefficient (Wildman–Crippen LogP) is 2.15. The van der Waals surface area contributed by atoms with E-state index in [0.717, 1.165) is 6.42 Å². The minimum absolute atomic E-state index is 0. The molecule has 146 valence electrons. The van der Waals surface area contributed by atoms with Gasteiger partial charge < -0.3 is 24.8 Å². The maximum absolute atomic E-state index is 2.99. The summed E-state index contributed by atoms with van der Waals surface area (Å²) in [6.45, 7) is 0. The van der Waals surface area contributed by atoms with E-state index in [9.17, 15) is 0 Å². The van der Waals surface area contributed by atoms with Gasteiger partial charge in [-0.3, -0.25) is 6.08 Å². The first-order chi connectivity index (χ1) is 13.4. The summed E-state index contributed by atoms with van der Waals surface area (Å²) in [5.41, 5.74) is 0. The molecule has 0 N–H and O–H groups in total. The SMILES string of the molecule is [C-]1=CC=CC1.[Cl-].[Cl-].[Hf+4].c1ccc2[cH-]c(-p3c4ccccc4c4ccccc43)cc2c1. The van der Waals surface area contributed by atoms with Crippen molar-refractivity contribution in [3.8, 4) is 5.30 Å². The second-order valence-corrected chi connectivity index (χ2v) is 8.87. The Balaban J connectivity index is 0.000000356. The molecular formula is C26H19Cl2HfP. The Morgan fingerprint density at radius 2 is 1.37 bits per heavy atom. The molecule has 0 aliphatic heterocycles. The van der Waals surface area contributed by atoms with Crippen molar-refractivity contribution in [2.24, 2.45) is 0 Å². The van der Waals surface area contributed by atoms with Crippen molar-refractivity contribution in [3.63, 3.8) is 0 Å². The number of halogens is 2. The van der Waals surface area contributed by atoms with E-state index in [-0.39, 0.29) is 50.7 Å². The fourth-order valence-electron chi connectivity index (χ4n) is 3.80. The van der Waals surface area contributed by atoms with Crippen molar-refractivity contribution >= 4 is 39.3 Å². The number of fused-ring (bicyclic) bond motifs is 4. The van der Waals surface area contributed by atoms with Crippen LogP contribution in [0.25, 0.3) is 37.1 Å². The van der Waals surface area contributed by atoms with Crippen LogP contribution in [0, 0.1) is 6.08 Å². The van der Waals surface area contributed by atoms with E-state index < -0.39 is 7.53 Å². The zero-order valence-corrected chi connectivity index (χ0v) is 22.2. The molecule has 4 aromatic carbocycles. The minimum Gasteiger partial charge on any atom is -1.00 e. The summed E-state index contributed by atoms with van der Waals surface area (Å²) in [5, 5.41) is 9.98. The summed E-state index contributed by atoms with van der Waals surface area (Å²) in [6.07, 6.45) is 10.0. The third-order valence-electron chi connectivity index (χ3n) is 5.03. The molecule has 1 aliphatic rings. The topological polar surface area (TPSA) is 0 Å². The molecule has 0 nitrogen and oxygen atoms in total. The monoisotopic (exact) mass is 612 g/mol. The van der Waals surface area contributed by atoms with Crippen molar-refractivity contribution < 1.29 is 50.7 Å². The third-order valence-corrected chi connectivity index (χ3v) is 7.55. The molecule has 0 atom stereocenters. The normalized spacial score (nSPS) is 11.5. The van der Waals surface area contributed by atoms with Crippen molar-refractivity contribution in [3.05, 3.63) is 109 Å². The van der Waals surface area contributed by atoms with Crippen LogP contribution in [-0.4, -0.2) is 0 Å². The molecule has 30 heavy (non-hydrogen) atoms. The van der Waals surface area contributed by atoms with E-state index in [1.807, 2.05) is 12.2 Å². The van der Waals surface area contributed by atoms with Crippen LogP contribution in [0.4, 0.5) is 0 Å². The van der Waals surface area contributed by atoms with Gasteiger partial charge in [-0.05, 0) is 10.8 Å². The first kappa shape index (κ1) is 24.8. The van der Waals surface area contributed by atoms with Gasteiger partial charge in [0.2, 0.25) is 0 Å². The maximum Gasteiger partial charge on any atom is 4.00 e. The van der Waals surface area contributed by atoms with Gasteiger partial charge in [-0.1, -0.05) is 67.4 Å². The van der Waals surface area contributed by atoms with Crippen LogP contribution in [0.1, 0.15) is 6.42 Å². The van der Waals surface area contributed by atoms with Gasteiger partial charge in [0.1, 0.15) is 0 Å². The van der Waals surface area contributed by atoms with Crippen molar-refractivity contribution in [1.82, 2.24) is 0 Å². The van der Waals surface area contributed by atoms with Crippen LogP contribution >= 0.6 is 7.53 Å². The molecule has 0 radical (unpaired) electrons. The molecule has 1 heterocycles. The number of benzene rings is 3. The number of allylic oxidation sites excluding steroid dienone is 4. The maximum atomic E-state index is 2.99. The van der Waals surface area contributed by atoms with Crippen LogP contribution in [0.15, 0.2) is 103 Å². The Morgan fingerprint density at radius 1 is 0.767 bits per heavy atom. The molecule has 1 aliphatic carbocycles. The van der Waals surface area contributed by atoms with E-state index in [0.29, 0.717) is 0 Å². The third kappa shape index (κ3) is 4.71. The first-order valence-corrected chi connectivity index (χ1v) is 10.6. The smallest absolute Gasteiger partial charge is 1.00 e. The van der Waals surface area contributed by atoms with Crippen LogP contribution in [-0.2, 0) is 25.8 Å². The zero-order valence-electron chi connectivity index (χ0n) is 16.2. The first-order valence-electron chi connectivity index (χ1n) is 9.27. The van der Waals surface area contributed by atoms with Gasteiger partial charge in [0.25, 0.3) is 0 Å². The van der Waals surface area contributed by atoms with Gasteiger partial charge in [-0.25, -0.2) is 12.2 Å². The Morgan fingerprint density at radius 3 is 1.90 bits per heavy atom. The number of rotatable bonds is 1. The Kier molecular flexibility index (Phi) is 9.26. The predicted molar refractivity (Wildman–Crippen MR) is 120 cm³/mol. The van der Waals surface area contributed by atoms with Gasteiger partial charge in [-0.2, -0.15) is 12.1 Å². The molecule has 0 saturated heterocycles. The van der Waals surface area contributed by atoms with E-state index in [1.165, 1.54) is 37.1 Å². The molecule has 4 heteroatoms. The van der Waals surface area contributed by atoms with Gasteiger partial charge >= 0.3 is 25.8 Å². The van der Waals surface area contributed by atoms with E-state index in [2.05, 4.69) is 97.1 Å². The fraction of sp³-hybridized carbons (Fsp3) is 0.0385. The standard InChI is InChI=1S/C21H14P.C5H5.2ClH.Hf/c1-2-8-16-14-17(13-15(16)7-1)22-20-11-5-3-9-18(20)19-10-4-6-12-21(19)22;1-2-4-5-3-1;;;/h1-14H;1-3H,4H2;2*1H;/q2*-1;;;+4/p-2. The Hall–Kier alpha value is -1.50. The molecule has 0 unspecified atom stereocenters. The molecular weight excluding hydrogens is 593 g/mol. The summed E-state index contributed by atoms with van der Waals surface area (Å²) in [7, 11) is -0.419. The number of hydrogen-bond acceptors (Lipinski definition) is 0. The molecule has 0 spiro atoms. The second-order valence-electron chi connectivity index (χ2n) is 6.72. The largest absolute Gasteiger partial charge is 4.00 e. The summed E-state index contributed by atoms with van der Waals surface area (Å²) in [4.78, 5) is 0. The summed E-state index contributed by atoms with van der Waals surface area (Å²) < 4.78 is 0. The fourth-order valence-corrected chi connectivity index (χ4v) is 6.50. The van der Waals surface area contributed by atoms with Crippen molar-refractivity contribution in [1.29, 1.82) is 0 Å². The van der Waals surface area contributed by atoms with Gasteiger partial charge in [0.15, 0.2) is 0 Å². The van der Waals surface area contributed by atoms with Crippen LogP contribution < -0.4 is 24.8 Å². The van der Waals surface area contributed by atoms with E-state index in [4.69, 9.17) is 0 Å². The molecule has 0 fully saturated rings. The summed E-state index contributed by atoms with van der Waals surface area (Å²) in [5.74, 6) is 0. The van der Waals surface area contributed by atoms with Crippen LogP contribution in [0.2, 0.25) is 0 Å². The molecule has 5 aromatic rings. The molecule has 0 saturated carbocycles. The zero-order chi connectivity index (χ0) is 18.1. The van der Waals surface area contributed by atoms with Gasteiger partial charge in [0, 0.05) is 10.2 Å². The minimum atomic E-state index is -0.419. The quantitative estimate of drug-likeness (QED) is 0.202. The van der Waals surface area contributed by atoms with E-state index >= 15 is 0 Å².